The molecule has 0 spiro atoms. The SMILES string of the molecule is CC(C)(CS)COc1cccc2cccnc12. The van der Waals surface area contributed by atoms with Gasteiger partial charge in [0.1, 0.15) is 11.3 Å². The van der Waals surface area contributed by atoms with Crippen molar-refractivity contribution in [1.82, 2.24) is 4.98 Å². The zero-order valence-electron chi connectivity index (χ0n) is 10.2. The molecule has 2 rings (SSSR count). The van der Waals surface area contributed by atoms with Gasteiger partial charge in [-0.05, 0) is 17.9 Å². The van der Waals surface area contributed by atoms with Crippen LogP contribution in [0.3, 0.4) is 0 Å². The second kappa shape index (κ2) is 4.96. The third-order valence-corrected chi connectivity index (χ3v) is 3.50. The normalized spacial score (nSPS) is 11.7. The average Bonchev–Trinajstić information content (AvgIpc) is 2.36. The van der Waals surface area contributed by atoms with Crippen molar-refractivity contribution in [2.75, 3.05) is 12.4 Å². The Bertz CT molecular complexity index is 505. The van der Waals surface area contributed by atoms with Gasteiger partial charge < -0.3 is 4.74 Å². The van der Waals surface area contributed by atoms with Crippen LogP contribution in [0.15, 0.2) is 36.5 Å². The molecule has 90 valence electrons. The first kappa shape index (κ1) is 12.2. The van der Waals surface area contributed by atoms with E-state index in [9.17, 15) is 0 Å². The molecule has 0 unspecified atom stereocenters. The number of pyridine rings is 1. The van der Waals surface area contributed by atoms with Gasteiger partial charge in [-0.2, -0.15) is 12.6 Å². The summed E-state index contributed by atoms with van der Waals surface area (Å²) in [5, 5.41) is 1.11. The number of para-hydroxylation sites is 1. The minimum absolute atomic E-state index is 0.0695. The molecule has 0 N–H and O–H groups in total. The maximum Gasteiger partial charge on any atom is 0.145 e. The topological polar surface area (TPSA) is 22.1 Å². The summed E-state index contributed by atoms with van der Waals surface area (Å²) in [7, 11) is 0. The molecule has 2 nitrogen and oxygen atoms in total. The highest BCUT2D eigenvalue weighted by Crippen LogP contribution is 2.25. The predicted molar refractivity (Wildman–Crippen MR) is 74.9 cm³/mol. The quantitative estimate of drug-likeness (QED) is 0.834. The van der Waals surface area contributed by atoms with Crippen LogP contribution in [0.4, 0.5) is 0 Å². The molecule has 2 aromatic rings. The molecule has 0 saturated carbocycles. The molecule has 0 fully saturated rings. The van der Waals surface area contributed by atoms with Crippen LogP contribution >= 0.6 is 12.6 Å². The lowest BCUT2D eigenvalue weighted by Crippen LogP contribution is -2.23. The van der Waals surface area contributed by atoms with Gasteiger partial charge in [0.05, 0.1) is 6.61 Å². The second-order valence-electron chi connectivity index (χ2n) is 4.94. The van der Waals surface area contributed by atoms with Crippen LogP contribution in [-0.4, -0.2) is 17.3 Å². The number of nitrogens with zero attached hydrogens (tertiary/aromatic N) is 1. The number of aromatic nitrogens is 1. The maximum atomic E-state index is 5.86. The Hall–Kier alpha value is -1.22. The first-order valence-corrected chi connectivity index (χ1v) is 6.33. The Labute approximate surface area is 107 Å². The van der Waals surface area contributed by atoms with Crippen LogP contribution in [0.25, 0.3) is 10.9 Å². The van der Waals surface area contributed by atoms with Crippen molar-refractivity contribution in [2.24, 2.45) is 5.41 Å². The average molecular weight is 247 g/mol. The Kier molecular flexibility index (Phi) is 3.57. The standard InChI is InChI=1S/C14H17NOS/c1-14(2,10-17)9-16-12-7-3-5-11-6-4-8-15-13(11)12/h3-8,17H,9-10H2,1-2H3. The Morgan fingerprint density at radius 3 is 2.76 bits per heavy atom. The van der Waals surface area contributed by atoms with E-state index >= 15 is 0 Å². The van der Waals surface area contributed by atoms with Crippen LogP contribution in [0.5, 0.6) is 5.75 Å². The summed E-state index contributed by atoms with van der Waals surface area (Å²) < 4.78 is 5.86. The smallest absolute Gasteiger partial charge is 0.145 e. The van der Waals surface area contributed by atoms with Crippen molar-refractivity contribution in [3.63, 3.8) is 0 Å². The summed E-state index contributed by atoms with van der Waals surface area (Å²) in [5.74, 6) is 1.64. The van der Waals surface area contributed by atoms with Gasteiger partial charge in [-0.15, -0.1) is 0 Å². The fourth-order valence-electron chi connectivity index (χ4n) is 1.51. The Morgan fingerprint density at radius 2 is 2.00 bits per heavy atom. The first-order chi connectivity index (χ1) is 8.12. The van der Waals surface area contributed by atoms with Crippen LogP contribution in [0.2, 0.25) is 0 Å². The number of hydrogen-bond donors (Lipinski definition) is 1. The molecule has 0 aliphatic carbocycles. The molecule has 0 radical (unpaired) electrons. The van der Waals surface area contributed by atoms with Gasteiger partial charge >= 0.3 is 0 Å². The molecule has 0 atom stereocenters. The van der Waals surface area contributed by atoms with Crippen molar-refractivity contribution in [1.29, 1.82) is 0 Å². The van der Waals surface area contributed by atoms with Crippen LogP contribution in [0, 0.1) is 5.41 Å². The number of thiol groups is 1. The summed E-state index contributed by atoms with van der Waals surface area (Å²) in [6.45, 7) is 4.92. The molecule has 17 heavy (non-hydrogen) atoms. The zero-order chi connectivity index (χ0) is 12.3. The highest BCUT2D eigenvalue weighted by Gasteiger charge is 2.17. The zero-order valence-corrected chi connectivity index (χ0v) is 11.1. The second-order valence-corrected chi connectivity index (χ2v) is 5.26. The van der Waals surface area contributed by atoms with Gasteiger partial charge in [-0.1, -0.05) is 32.0 Å². The lowest BCUT2D eigenvalue weighted by molar-refractivity contribution is 0.204. The fraction of sp³-hybridized carbons (Fsp3) is 0.357. The van der Waals surface area contributed by atoms with E-state index in [0.29, 0.717) is 6.61 Å². The van der Waals surface area contributed by atoms with E-state index < -0.39 is 0 Å². The summed E-state index contributed by atoms with van der Waals surface area (Å²) in [5.41, 5.74) is 0.991. The molecule has 1 heterocycles. The predicted octanol–water partition coefficient (Wildman–Crippen LogP) is 3.57. The van der Waals surface area contributed by atoms with E-state index in [2.05, 4.69) is 31.5 Å². The van der Waals surface area contributed by atoms with Crippen molar-refractivity contribution in [3.05, 3.63) is 36.5 Å². The summed E-state index contributed by atoms with van der Waals surface area (Å²) >= 11 is 4.33. The van der Waals surface area contributed by atoms with E-state index in [1.165, 1.54) is 0 Å². The third-order valence-electron chi connectivity index (χ3n) is 2.64. The van der Waals surface area contributed by atoms with Crippen LogP contribution in [0.1, 0.15) is 13.8 Å². The molecule has 1 aromatic heterocycles. The van der Waals surface area contributed by atoms with E-state index in [1.807, 2.05) is 30.3 Å². The van der Waals surface area contributed by atoms with Gasteiger partial charge in [-0.3, -0.25) is 4.98 Å². The molecule has 0 aliphatic heterocycles. The summed E-state index contributed by atoms with van der Waals surface area (Å²) in [6, 6.07) is 9.97. The molecule has 0 saturated heterocycles. The van der Waals surface area contributed by atoms with E-state index in [4.69, 9.17) is 4.74 Å². The molecule has 0 amide bonds. The maximum absolute atomic E-state index is 5.86. The number of hydrogen-bond acceptors (Lipinski definition) is 3. The first-order valence-electron chi connectivity index (χ1n) is 5.70. The Balaban J connectivity index is 2.24. The highest BCUT2D eigenvalue weighted by atomic mass is 32.1. The van der Waals surface area contributed by atoms with Gasteiger partial charge in [0.15, 0.2) is 0 Å². The number of ether oxygens (including phenoxy) is 1. The van der Waals surface area contributed by atoms with Gasteiger partial charge in [0.25, 0.3) is 0 Å². The van der Waals surface area contributed by atoms with Gasteiger partial charge in [0.2, 0.25) is 0 Å². The molecular weight excluding hydrogens is 230 g/mol. The van der Waals surface area contributed by atoms with E-state index in [1.54, 1.807) is 6.20 Å². The van der Waals surface area contributed by atoms with Gasteiger partial charge in [0, 0.05) is 17.0 Å². The van der Waals surface area contributed by atoms with Crippen LogP contribution < -0.4 is 4.74 Å². The van der Waals surface area contributed by atoms with E-state index in [-0.39, 0.29) is 5.41 Å². The third kappa shape index (κ3) is 2.91. The van der Waals surface area contributed by atoms with Crippen molar-refractivity contribution in [3.8, 4) is 5.75 Å². The molecule has 0 aliphatic rings. The molecule has 3 heteroatoms. The summed E-state index contributed by atoms with van der Waals surface area (Å²) in [6.07, 6.45) is 1.79. The molecular formula is C14H17NOS. The number of benzene rings is 1. The van der Waals surface area contributed by atoms with Crippen LogP contribution in [-0.2, 0) is 0 Å². The summed E-state index contributed by atoms with van der Waals surface area (Å²) in [4.78, 5) is 4.36. The minimum atomic E-state index is 0.0695. The fourth-order valence-corrected chi connectivity index (χ4v) is 1.60. The van der Waals surface area contributed by atoms with E-state index in [0.717, 1.165) is 22.4 Å². The molecule has 0 bridgehead atoms. The monoisotopic (exact) mass is 247 g/mol. The number of rotatable bonds is 4. The minimum Gasteiger partial charge on any atom is -0.491 e. The van der Waals surface area contributed by atoms with Crippen molar-refractivity contribution >= 4 is 23.5 Å². The van der Waals surface area contributed by atoms with Crippen molar-refractivity contribution < 1.29 is 4.74 Å². The lowest BCUT2D eigenvalue weighted by atomic mass is 9.98. The Morgan fingerprint density at radius 1 is 1.24 bits per heavy atom. The number of fused-ring (bicyclic) bond motifs is 1. The van der Waals surface area contributed by atoms with Gasteiger partial charge in [-0.25, -0.2) is 0 Å². The van der Waals surface area contributed by atoms with Crippen molar-refractivity contribution in [2.45, 2.75) is 13.8 Å². The highest BCUT2D eigenvalue weighted by molar-refractivity contribution is 7.80. The lowest BCUT2D eigenvalue weighted by Gasteiger charge is -2.22. The molecule has 1 aromatic carbocycles. The largest absolute Gasteiger partial charge is 0.491 e.